The van der Waals surface area contributed by atoms with Crippen molar-refractivity contribution in [3.63, 3.8) is 0 Å². The van der Waals surface area contributed by atoms with Crippen molar-refractivity contribution in [3.05, 3.63) is 52.6 Å². The number of fused-ring (bicyclic) bond motifs is 1. The monoisotopic (exact) mass is 519 g/mol. The number of carboxylic acids is 2. The van der Waals surface area contributed by atoms with Crippen LogP contribution >= 0.6 is 0 Å². The van der Waals surface area contributed by atoms with Crippen molar-refractivity contribution < 1.29 is 42.5 Å². The minimum absolute atomic E-state index is 0.0115. The number of anilines is 1. The first-order chi connectivity index (χ1) is 17.1. The number of nitrogens with zero attached hydrogens (tertiary/aromatic N) is 1. The number of alkyl halides is 3. The van der Waals surface area contributed by atoms with Gasteiger partial charge in [-0.2, -0.15) is 0 Å². The summed E-state index contributed by atoms with van der Waals surface area (Å²) in [6, 6.07) is 6.14. The SMILES string of the molecule is CCN1C(=O)CC(C)(C)c2cc(C)c(-c3cc(/C=C/C(=O)O)cc(CCC(=O)O)c3OC(F)(F)F)cc21. The number of amides is 1. The van der Waals surface area contributed by atoms with E-state index in [1.54, 1.807) is 24.8 Å². The summed E-state index contributed by atoms with van der Waals surface area (Å²) < 4.78 is 45.0. The van der Waals surface area contributed by atoms with Gasteiger partial charge in [0.05, 0.1) is 0 Å². The van der Waals surface area contributed by atoms with E-state index in [-0.39, 0.29) is 35.4 Å². The highest BCUT2D eigenvalue weighted by molar-refractivity contribution is 5.99. The molecule has 0 aromatic heterocycles. The predicted octanol–water partition coefficient (Wildman–Crippen LogP) is 5.71. The fourth-order valence-corrected chi connectivity index (χ4v) is 4.64. The van der Waals surface area contributed by atoms with Crippen molar-refractivity contribution in [2.45, 2.75) is 58.7 Å². The molecule has 1 aliphatic heterocycles. The van der Waals surface area contributed by atoms with Gasteiger partial charge in [0, 0.05) is 42.1 Å². The minimum atomic E-state index is -5.07. The van der Waals surface area contributed by atoms with Crippen molar-refractivity contribution in [2.24, 2.45) is 0 Å². The Hall–Kier alpha value is -3.82. The molecule has 10 heteroatoms. The van der Waals surface area contributed by atoms with Crippen LogP contribution in [-0.4, -0.2) is 41.0 Å². The fraction of sp³-hybridized carbons (Fsp3) is 0.370. The van der Waals surface area contributed by atoms with Crippen molar-refractivity contribution in [2.75, 3.05) is 11.4 Å². The number of benzene rings is 2. The highest BCUT2D eigenvalue weighted by atomic mass is 19.4. The molecule has 0 bridgehead atoms. The summed E-state index contributed by atoms with van der Waals surface area (Å²) in [6.07, 6.45) is -3.48. The Kier molecular flexibility index (Phi) is 7.71. The lowest BCUT2D eigenvalue weighted by Crippen LogP contribution is -2.41. The van der Waals surface area contributed by atoms with Crippen molar-refractivity contribution in [3.8, 4) is 16.9 Å². The number of carbonyl (C=O) groups is 3. The van der Waals surface area contributed by atoms with Crippen LogP contribution in [-0.2, 0) is 26.2 Å². The van der Waals surface area contributed by atoms with Crippen LogP contribution in [0.3, 0.4) is 0 Å². The standard InChI is InChI=1S/C27H28F3NO6/c1-5-31-21-13-18(15(2)10-20(21)26(3,4)14-22(31)32)19-12-16(6-8-23(33)34)11-17(7-9-24(35)36)25(19)37-27(28,29)30/h6,8,10-13H,5,7,9,14H2,1-4H3,(H,33,34)(H,35,36)/b8-6+. The fourth-order valence-electron chi connectivity index (χ4n) is 4.64. The molecule has 0 spiro atoms. The van der Waals surface area contributed by atoms with E-state index in [9.17, 15) is 27.6 Å². The number of carboxylic acid groups (broad SMARTS) is 2. The molecule has 1 heterocycles. The maximum atomic E-state index is 13.5. The average Bonchev–Trinajstić information content (AvgIpc) is 2.76. The maximum Gasteiger partial charge on any atom is 0.573 e. The molecule has 0 aliphatic carbocycles. The Morgan fingerprint density at radius 1 is 1.14 bits per heavy atom. The quantitative estimate of drug-likeness (QED) is 0.433. The Labute approximate surface area is 212 Å². The van der Waals surface area contributed by atoms with Gasteiger partial charge in [0.1, 0.15) is 5.75 Å². The van der Waals surface area contributed by atoms with Crippen LogP contribution in [0.25, 0.3) is 17.2 Å². The van der Waals surface area contributed by atoms with E-state index in [1.165, 1.54) is 18.2 Å². The van der Waals surface area contributed by atoms with Crippen LogP contribution in [0.2, 0.25) is 0 Å². The van der Waals surface area contributed by atoms with E-state index in [1.807, 2.05) is 19.9 Å². The molecule has 0 radical (unpaired) electrons. The summed E-state index contributed by atoms with van der Waals surface area (Å²) in [5.74, 6) is -3.14. The van der Waals surface area contributed by atoms with Crippen molar-refractivity contribution >= 4 is 29.6 Å². The molecule has 0 fully saturated rings. The third-order valence-electron chi connectivity index (χ3n) is 6.30. The Bertz CT molecular complexity index is 1280. The smallest absolute Gasteiger partial charge is 0.481 e. The molecule has 37 heavy (non-hydrogen) atoms. The van der Waals surface area contributed by atoms with Gasteiger partial charge < -0.3 is 19.8 Å². The number of halogens is 3. The molecular weight excluding hydrogens is 491 g/mol. The number of hydrogen-bond acceptors (Lipinski definition) is 4. The van der Waals surface area contributed by atoms with Gasteiger partial charge in [-0.1, -0.05) is 19.9 Å². The number of hydrogen-bond donors (Lipinski definition) is 2. The minimum Gasteiger partial charge on any atom is -0.481 e. The molecule has 1 aliphatic rings. The van der Waals surface area contributed by atoms with E-state index in [4.69, 9.17) is 10.2 Å². The van der Waals surface area contributed by atoms with E-state index in [0.717, 1.165) is 11.6 Å². The van der Waals surface area contributed by atoms with Crippen LogP contribution < -0.4 is 9.64 Å². The van der Waals surface area contributed by atoms with Gasteiger partial charge in [0.2, 0.25) is 5.91 Å². The summed E-state index contributed by atoms with van der Waals surface area (Å²) >= 11 is 0. The highest BCUT2D eigenvalue weighted by Crippen LogP contribution is 2.46. The molecular formula is C27H28F3NO6. The lowest BCUT2D eigenvalue weighted by atomic mass is 9.75. The summed E-state index contributed by atoms with van der Waals surface area (Å²) in [7, 11) is 0. The molecule has 3 rings (SSSR count). The van der Waals surface area contributed by atoms with Gasteiger partial charge in [-0.3, -0.25) is 9.59 Å². The number of rotatable bonds is 8. The number of aliphatic carboxylic acids is 2. The number of aryl methyl sites for hydroxylation is 2. The molecule has 0 atom stereocenters. The third-order valence-corrected chi connectivity index (χ3v) is 6.30. The van der Waals surface area contributed by atoms with Crippen molar-refractivity contribution in [1.82, 2.24) is 0 Å². The zero-order valence-corrected chi connectivity index (χ0v) is 20.9. The second-order valence-corrected chi connectivity index (χ2v) is 9.55. The Morgan fingerprint density at radius 3 is 2.38 bits per heavy atom. The molecule has 2 aromatic rings. The van der Waals surface area contributed by atoms with Crippen LogP contribution in [0, 0.1) is 6.92 Å². The van der Waals surface area contributed by atoms with Crippen LogP contribution in [0.4, 0.5) is 18.9 Å². The van der Waals surface area contributed by atoms with Crippen LogP contribution in [0.1, 0.15) is 55.9 Å². The number of carbonyl (C=O) groups excluding carboxylic acids is 1. The zero-order valence-electron chi connectivity index (χ0n) is 20.9. The molecule has 1 amide bonds. The summed E-state index contributed by atoms with van der Waals surface area (Å²) in [5, 5.41) is 18.2. The Morgan fingerprint density at radius 2 is 1.81 bits per heavy atom. The lowest BCUT2D eigenvalue weighted by Gasteiger charge is -2.39. The second-order valence-electron chi connectivity index (χ2n) is 9.55. The first-order valence-corrected chi connectivity index (χ1v) is 11.6. The number of ether oxygens (including phenoxy) is 1. The highest BCUT2D eigenvalue weighted by Gasteiger charge is 2.38. The van der Waals surface area contributed by atoms with Gasteiger partial charge in [-0.15, -0.1) is 13.2 Å². The average molecular weight is 520 g/mol. The molecule has 0 saturated heterocycles. The van der Waals surface area contributed by atoms with Gasteiger partial charge >= 0.3 is 18.3 Å². The summed E-state index contributed by atoms with van der Waals surface area (Å²) in [5.41, 5.74) is 2.15. The predicted molar refractivity (Wildman–Crippen MR) is 132 cm³/mol. The normalized spacial score (nSPS) is 15.1. The van der Waals surface area contributed by atoms with Gasteiger partial charge in [0.25, 0.3) is 0 Å². The lowest BCUT2D eigenvalue weighted by molar-refractivity contribution is -0.274. The van der Waals surface area contributed by atoms with Gasteiger partial charge in [-0.05, 0) is 72.4 Å². The largest absolute Gasteiger partial charge is 0.573 e. The molecule has 2 aromatic carbocycles. The van der Waals surface area contributed by atoms with Crippen LogP contribution in [0.5, 0.6) is 5.75 Å². The van der Waals surface area contributed by atoms with E-state index < -0.39 is 35.9 Å². The summed E-state index contributed by atoms with van der Waals surface area (Å²) in [4.78, 5) is 36.7. The zero-order chi connectivity index (χ0) is 27.7. The van der Waals surface area contributed by atoms with Gasteiger partial charge in [0.15, 0.2) is 0 Å². The van der Waals surface area contributed by atoms with Crippen molar-refractivity contribution in [1.29, 1.82) is 0 Å². The van der Waals surface area contributed by atoms with E-state index >= 15 is 0 Å². The topological polar surface area (TPSA) is 104 Å². The second kappa shape index (κ2) is 10.3. The van der Waals surface area contributed by atoms with E-state index in [2.05, 4.69) is 4.74 Å². The Balaban J connectivity index is 2.36. The molecule has 7 nitrogen and oxygen atoms in total. The third kappa shape index (κ3) is 6.31. The van der Waals surface area contributed by atoms with E-state index in [0.29, 0.717) is 23.4 Å². The first-order valence-electron chi connectivity index (χ1n) is 11.6. The molecule has 198 valence electrons. The molecule has 2 N–H and O–H groups in total. The summed E-state index contributed by atoms with van der Waals surface area (Å²) in [6.45, 7) is 7.75. The maximum absolute atomic E-state index is 13.5. The molecule has 0 saturated carbocycles. The molecule has 0 unspecified atom stereocenters. The van der Waals surface area contributed by atoms with Crippen LogP contribution in [0.15, 0.2) is 30.3 Å². The van der Waals surface area contributed by atoms with Gasteiger partial charge in [-0.25, -0.2) is 4.79 Å². The first kappa shape index (κ1) is 27.8.